The van der Waals surface area contributed by atoms with E-state index in [4.69, 9.17) is 16.3 Å². The molecular formula is C15H16ClFN2O. The fraction of sp³-hybridized carbons (Fsp3) is 0.400. The summed E-state index contributed by atoms with van der Waals surface area (Å²) >= 11 is 6.28. The van der Waals surface area contributed by atoms with Crippen molar-refractivity contribution in [2.75, 3.05) is 0 Å². The summed E-state index contributed by atoms with van der Waals surface area (Å²) in [4.78, 5) is 0. The van der Waals surface area contributed by atoms with Crippen LogP contribution in [0.5, 0.6) is 5.75 Å². The number of halogens is 2. The zero-order valence-electron chi connectivity index (χ0n) is 11.1. The van der Waals surface area contributed by atoms with Crippen LogP contribution in [0.2, 0.25) is 5.15 Å². The zero-order valence-corrected chi connectivity index (χ0v) is 11.8. The number of hydrogen-bond acceptors (Lipinski definition) is 2. The van der Waals surface area contributed by atoms with Crippen LogP contribution < -0.4 is 4.74 Å². The lowest BCUT2D eigenvalue weighted by Gasteiger charge is -2.22. The van der Waals surface area contributed by atoms with Crippen molar-refractivity contribution in [2.45, 2.75) is 38.2 Å². The minimum absolute atomic E-state index is 0.214. The Kier molecular flexibility index (Phi) is 3.92. The van der Waals surface area contributed by atoms with Crippen molar-refractivity contribution in [2.24, 2.45) is 0 Å². The summed E-state index contributed by atoms with van der Waals surface area (Å²) in [6.07, 6.45) is 7.59. The van der Waals surface area contributed by atoms with E-state index < -0.39 is 0 Å². The Balaban J connectivity index is 1.81. The summed E-state index contributed by atoms with van der Waals surface area (Å²) in [6.45, 7) is 0. The Labute approximate surface area is 122 Å². The summed E-state index contributed by atoms with van der Waals surface area (Å²) in [5.74, 6) is 0.256. The van der Waals surface area contributed by atoms with Crippen molar-refractivity contribution in [3.8, 4) is 11.4 Å². The van der Waals surface area contributed by atoms with Gasteiger partial charge in [0, 0.05) is 0 Å². The molecule has 0 amide bonds. The summed E-state index contributed by atoms with van der Waals surface area (Å²) < 4.78 is 20.6. The molecule has 20 heavy (non-hydrogen) atoms. The lowest BCUT2D eigenvalue weighted by Crippen LogP contribution is -2.19. The highest BCUT2D eigenvalue weighted by atomic mass is 35.5. The molecule has 3 nitrogen and oxygen atoms in total. The van der Waals surface area contributed by atoms with Crippen molar-refractivity contribution in [1.82, 2.24) is 9.78 Å². The zero-order chi connectivity index (χ0) is 13.9. The highest BCUT2D eigenvalue weighted by Gasteiger charge is 2.19. The Morgan fingerprint density at radius 3 is 2.80 bits per heavy atom. The van der Waals surface area contributed by atoms with Crippen LogP contribution in [0.1, 0.15) is 32.1 Å². The normalized spacial score (nSPS) is 16.3. The molecule has 1 saturated carbocycles. The molecule has 1 heterocycles. The molecule has 0 radical (unpaired) electrons. The molecule has 0 aliphatic heterocycles. The molecule has 0 atom stereocenters. The van der Waals surface area contributed by atoms with Gasteiger partial charge >= 0.3 is 0 Å². The topological polar surface area (TPSA) is 27.1 Å². The van der Waals surface area contributed by atoms with Gasteiger partial charge in [-0.15, -0.1) is 0 Å². The minimum Gasteiger partial charge on any atom is -0.485 e. The van der Waals surface area contributed by atoms with Crippen LogP contribution in [0.3, 0.4) is 0 Å². The number of rotatable bonds is 3. The predicted molar refractivity (Wildman–Crippen MR) is 76.0 cm³/mol. The van der Waals surface area contributed by atoms with Crippen LogP contribution in [0, 0.1) is 5.82 Å². The molecular weight excluding hydrogens is 279 g/mol. The standard InChI is InChI=1S/C15H16ClFN2O/c16-15-14(20-13-7-2-1-3-8-13)10-18-19(15)12-6-4-5-11(17)9-12/h4-6,9-10,13H,1-3,7-8H2. The molecule has 1 aliphatic carbocycles. The van der Waals surface area contributed by atoms with Crippen LogP contribution in [-0.4, -0.2) is 15.9 Å². The molecule has 0 N–H and O–H groups in total. The van der Waals surface area contributed by atoms with E-state index in [1.807, 2.05) is 0 Å². The Morgan fingerprint density at radius 2 is 2.05 bits per heavy atom. The fourth-order valence-corrected chi connectivity index (χ4v) is 2.78. The van der Waals surface area contributed by atoms with Crippen molar-refractivity contribution in [3.63, 3.8) is 0 Å². The minimum atomic E-state index is -0.316. The predicted octanol–water partition coefficient (Wildman–Crippen LogP) is 4.38. The van der Waals surface area contributed by atoms with Crippen LogP contribution in [-0.2, 0) is 0 Å². The first-order valence-electron chi connectivity index (χ1n) is 6.90. The highest BCUT2D eigenvalue weighted by molar-refractivity contribution is 6.31. The van der Waals surface area contributed by atoms with E-state index in [9.17, 15) is 4.39 Å². The second-order valence-corrected chi connectivity index (χ2v) is 5.43. The molecule has 1 aromatic heterocycles. The smallest absolute Gasteiger partial charge is 0.177 e. The number of hydrogen-bond donors (Lipinski definition) is 0. The maximum atomic E-state index is 13.2. The highest BCUT2D eigenvalue weighted by Crippen LogP contribution is 2.30. The van der Waals surface area contributed by atoms with Gasteiger partial charge in [-0.3, -0.25) is 0 Å². The lowest BCUT2D eigenvalue weighted by molar-refractivity contribution is 0.155. The molecule has 2 aromatic rings. The number of nitrogens with zero attached hydrogens (tertiary/aromatic N) is 2. The monoisotopic (exact) mass is 294 g/mol. The first kappa shape index (κ1) is 13.4. The van der Waals surface area contributed by atoms with Gasteiger partial charge in [0.05, 0.1) is 18.0 Å². The van der Waals surface area contributed by atoms with Gasteiger partial charge in [-0.25, -0.2) is 9.07 Å². The number of benzene rings is 1. The Bertz CT molecular complexity index is 593. The Morgan fingerprint density at radius 1 is 1.25 bits per heavy atom. The largest absolute Gasteiger partial charge is 0.485 e. The summed E-state index contributed by atoms with van der Waals surface area (Å²) in [7, 11) is 0. The summed E-state index contributed by atoms with van der Waals surface area (Å²) in [6, 6.07) is 6.17. The van der Waals surface area contributed by atoms with Crippen LogP contribution in [0.4, 0.5) is 4.39 Å². The van der Waals surface area contributed by atoms with E-state index in [-0.39, 0.29) is 11.9 Å². The molecule has 1 aliphatic rings. The van der Waals surface area contributed by atoms with Crippen molar-refractivity contribution >= 4 is 11.6 Å². The molecule has 1 fully saturated rings. The maximum Gasteiger partial charge on any atom is 0.177 e. The number of aromatic nitrogens is 2. The van der Waals surface area contributed by atoms with Gasteiger partial charge in [-0.1, -0.05) is 24.1 Å². The maximum absolute atomic E-state index is 13.2. The van der Waals surface area contributed by atoms with E-state index >= 15 is 0 Å². The lowest BCUT2D eigenvalue weighted by atomic mass is 9.98. The van der Waals surface area contributed by atoms with E-state index in [2.05, 4.69) is 5.10 Å². The molecule has 0 spiro atoms. The molecule has 0 unspecified atom stereocenters. The van der Waals surface area contributed by atoms with Gasteiger partial charge < -0.3 is 4.74 Å². The van der Waals surface area contributed by atoms with E-state index in [0.717, 1.165) is 12.8 Å². The molecule has 5 heteroatoms. The van der Waals surface area contributed by atoms with Crippen LogP contribution in [0.25, 0.3) is 5.69 Å². The third kappa shape index (κ3) is 2.80. The molecule has 106 valence electrons. The Hall–Kier alpha value is -1.55. The summed E-state index contributed by atoms with van der Waals surface area (Å²) in [5.41, 5.74) is 0.591. The van der Waals surface area contributed by atoms with E-state index in [1.165, 1.54) is 36.1 Å². The van der Waals surface area contributed by atoms with Gasteiger partial charge in [0.1, 0.15) is 5.82 Å². The van der Waals surface area contributed by atoms with Crippen molar-refractivity contribution in [3.05, 3.63) is 41.4 Å². The average molecular weight is 295 g/mol. The van der Waals surface area contributed by atoms with Crippen molar-refractivity contribution in [1.29, 1.82) is 0 Å². The van der Waals surface area contributed by atoms with Gasteiger partial charge in [0.15, 0.2) is 10.9 Å². The van der Waals surface area contributed by atoms with Gasteiger partial charge in [0.2, 0.25) is 0 Å². The first-order valence-corrected chi connectivity index (χ1v) is 7.28. The average Bonchev–Trinajstić information content (AvgIpc) is 2.81. The van der Waals surface area contributed by atoms with Crippen LogP contribution >= 0.6 is 11.6 Å². The third-order valence-corrected chi connectivity index (χ3v) is 3.92. The molecule has 1 aromatic carbocycles. The SMILES string of the molecule is Fc1cccc(-n2ncc(OC3CCCCC3)c2Cl)c1. The van der Waals surface area contributed by atoms with Gasteiger partial charge in [-0.05, 0) is 43.9 Å². The molecule has 0 saturated heterocycles. The van der Waals surface area contributed by atoms with E-state index in [1.54, 1.807) is 18.3 Å². The third-order valence-electron chi connectivity index (χ3n) is 3.58. The van der Waals surface area contributed by atoms with Gasteiger partial charge in [-0.2, -0.15) is 5.10 Å². The van der Waals surface area contributed by atoms with E-state index in [0.29, 0.717) is 16.6 Å². The number of ether oxygens (including phenoxy) is 1. The van der Waals surface area contributed by atoms with Crippen LogP contribution in [0.15, 0.2) is 30.5 Å². The van der Waals surface area contributed by atoms with Crippen molar-refractivity contribution < 1.29 is 9.13 Å². The quantitative estimate of drug-likeness (QED) is 0.840. The molecule has 3 rings (SSSR count). The second kappa shape index (κ2) is 5.83. The van der Waals surface area contributed by atoms with Gasteiger partial charge in [0.25, 0.3) is 0 Å². The second-order valence-electron chi connectivity index (χ2n) is 5.07. The summed E-state index contributed by atoms with van der Waals surface area (Å²) in [5, 5.41) is 4.58. The molecule has 0 bridgehead atoms. The first-order chi connectivity index (χ1) is 9.74. The fourth-order valence-electron chi connectivity index (χ4n) is 2.55.